The summed E-state index contributed by atoms with van der Waals surface area (Å²) in [7, 11) is 3.68. The minimum Gasteiger partial charge on any atom is -0.492 e. The van der Waals surface area contributed by atoms with Crippen LogP contribution >= 0.6 is 0 Å². The largest absolute Gasteiger partial charge is 0.492 e. The number of ether oxygens (including phenoxy) is 2. The molecule has 0 radical (unpaired) electrons. The number of nitrogens with one attached hydrogen (secondary N) is 1. The van der Waals surface area contributed by atoms with Crippen LogP contribution in [-0.2, 0) is 11.3 Å². The molecule has 0 saturated carbocycles. The predicted octanol–water partition coefficient (Wildman–Crippen LogP) is 2.60. The van der Waals surface area contributed by atoms with E-state index in [0.29, 0.717) is 19.3 Å². The van der Waals surface area contributed by atoms with E-state index in [-0.39, 0.29) is 0 Å². The van der Waals surface area contributed by atoms with Crippen LogP contribution in [0.5, 0.6) is 5.75 Å². The van der Waals surface area contributed by atoms with E-state index in [1.807, 2.05) is 31.3 Å². The van der Waals surface area contributed by atoms with Gasteiger partial charge in [0.25, 0.3) is 0 Å². The van der Waals surface area contributed by atoms with Gasteiger partial charge in [0.05, 0.1) is 6.61 Å². The fraction of sp³-hybridized carbons (Fsp3) is 0.571. The Morgan fingerprint density at radius 1 is 1.35 bits per heavy atom. The van der Waals surface area contributed by atoms with Crippen LogP contribution in [-0.4, -0.2) is 26.8 Å². The van der Waals surface area contributed by atoms with Crippen molar-refractivity contribution in [3.05, 3.63) is 29.8 Å². The maximum Gasteiger partial charge on any atom is 0.119 e. The third-order valence-corrected chi connectivity index (χ3v) is 2.71. The minimum atomic E-state index is 0.422. The van der Waals surface area contributed by atoms with Crippen LogP contribution in [0, 0.1) is 0 Å². The van der Waals surface area contributed by atoms with Gasteiger partial charge >= 0.3 is 0 Å². The smallest absolute Gasteiger partial charge is 0.119 e. The van der Waals surface area contributed by atoms with Crippen molar-refractivity contribution in [3.63, 3.8) is 0 Å². The van der Waals surface area contributed by atoms with E-state index in [9.17, 15) is 0 Å². The van der Waals surface area contributed by atoms with Gasteiger partial charge in [0, 0.05) is 13.2 Å². The molecule has 1 unspecified atom stereocenters. The van der Waals surface area contributed by atoms with Crippen molar-refractivity contribution in [2.75, 3.05) is 20.8 Å². The van der Waals surface area contributed by atoms with Crippen molar-refractivity contribution in [1.29, 1.82) is 0 Å². The third kappa shape index (κ3) is 5.20. The van der Waals surface area contributed by atoms with Crippen LogP contribution < -0.4 is 10.1 Å². The average Bonchev–Trinajstić information content (AvgIpc) is 2.35. The molecule has 1 rings (SSSR count). The van der Waals surface area contributed by atoms with Gasteiger partial charge in [-0.25, -0.2) is 0 Å². The second kappa shape index (κ2) is 8.09. The summed E-state index contributed by atoms with van der Waals surface area (Å²) in [5.41, 5.74) is 1.14. The number of hydrogen-bond acceptors (Lipinski definition) is 3. The lowest BCUT2D eigenvalue weighted by Crippen LogP contribution is -2.31. The molecular formula is C14H23NO2. The molecule has 1 aromatic carbocycles. The summed E-state index contributed by atoms with van der Waals surface area (Å²) < 4.78 is 10.9. The molecule has 1 aromatic rings. The molecule has 96 valence electrons. The van der Waals surface area contributed by atoms with Crippen LogP contribution in [0.1, 0.15) is 25.3 Å². The monoisotopic (exact) mass is 237 g/mol. The second-order valence-electron chi connectivity index (χ2n) is 4.17. The highest BCUT2D eigenvalue weighted by molar-refractivity contribution is 5.28. The zero-order valence-corrected chi connectivity index (χ0v) is 11.0. The molecule has 0 aromatic heterocycles. The van der Waals surface area contributed by atoms with E-state index in [0.717, 1.165) is 17.7 Å². The standard InChI is InChI=1S/C14H23NO2/c1-4-6-13(15-2)11-17-14-8-5-7-12(9-14)10-16-3/h5,7-9,13,15H,4,6,10-11H2,1-3H3. The van der Waals surface area contributed by atoms with Crippen LogP contribution in [0.4, 0.5) is 0 Å². The van der Waals surface area contributed by atoms with E-state index in [4.69, 9.17) is 9.47 Å². The van der Waals surface area contributed by atoms with Gasteiger partial charge in [-0.2, -0.15) is 0 Å². The SMILES string of the molecule is CCCC(COc1cccc(COC)c1)NC. The fourth-order valence-electron chi connectivity index (χ4n) is 1.75. The molecule has 1 atom stereocenters. The molecule has 0 saturated heterocycles. The van der Waals surface area contributed by atoms with Gasteiger partial charge in [-0.3, -0.25) is 0 Å². The molecule has 0 heterocycles. The number of likely N-dealkylation sites (N-methyl/N-ethyl adjacent to an activating group) is 1. The lowest BCUT2D eigenvalue weighted by molar-refractivity contribution is 0.184. The molecule has 0 fully saturated rings. The number of methoxy groups -OCH3 is 1. The molecular weight excluding hydrogens is 214 g/mol. The molecule has 0 aliphatic rings. The number of benzene rings is 1. The highest BCUT2D eigenvalue weighted by Crippen LogP contribution is 2.14. The Labute approximate surface area is 104 Å². The van der Waals surface area contributed by atoms with E-state index >= 15 is 0 Å². The zero-order valence-electron chi connectivity index (χ0n) is 11.0. The summed E-state index contributed by atoms with van der Waals surface area (Å²) in [5, 5.41) is 3.26. The van der Waals surface area contributed by atoms with Crippen molar-refractivity contribution in [2.45, 2.75) is 32.4 Å². The second-order valence-corrected chi connectivity index (χ2v) is 4.17. The first kappa shape index (κ1) is 14.0. The van der Waals surface area contributed by atoms with Crippen LogP contribution in [0.25, 0.3) is 0 Å². The van der Waals surface area contributed by atoms with Crippen molar-refractivity contribution in [3.8, 4) is 5.75 Å². The Balaban J connectivity index is 2.47. The minimum absolute atomic E-state index is 0.422. The van der Waals surface area contributed by atoms with Gasteiger partial charge in [-0.1, -0.05) is 25.5 Å². The normalized spacial score (nSPS) is 12.4. The van der Waals surface area contributed by atoms with E-state index in [1.165, 1.54) is 6.42 Å². The van der Waals surface area contributed by atoms with Crippen LogP contribution in [0.15, 0.2) is 24.3 Å². The van der Waals surface area contributed by atoms with E-state index in [2.05, 4.69) is 12.2 Å². The molecule has 0 amide bonds. The molecule has 0 aliphatic heterocycles. The van der Waals surface area contributed by atoms with Gasteiger partial charge in [-0.15, -0.1) is 0 Å². The average molecular weight is 237 g/mol. The Morgan fingerprint density at radius 3 is 2.82 bits per heavy atom. The molecule has 3 nitrogen and oxygen atoms in total. The topological polar surface area (TPSA) is 30.5 Å². The first-order valence-corrected chi connectivity index (χ1v) is 6.18. The van der Waals surface area contributed by atoms with Crippen molar-refractivity contribution in [1.82, 2.24) is 5.32 Å². The molecule has 0 bridgehead atoms. The highest BCUT2D eigenvalue weighted by Gasteiger charge is 2.05. The number of hydrogen-bond donors (Lipinski definition) is 1. The van der Waals surface area contributed by atoms with Gasteiger partial charge in [0.15, 0.2) is 0 Å². The lowest BCUT2D eigenvalue weighted by Gasteiger charge is -2.16. The molecule has 1 N–H and O–H groups in total. The molecule has 3 heteroatoms. The summed E-state index contributed by atoms with van der Waals surface area (Å²) >= 11 is 0. The summed E-state index contributed by atoms with van der Waals surface area (Å²) in [5.74, 6) is 0.913. The van der Waals surface area contributed by atoms with Gasteiger partial charge in [0.1, 0.15) is 12.4 Å². The quantitative estimate of drug-likeness (QED) is 0.754. The van der Waals surface area contributed by atoms with Crippen molar-refractivity contribution in [2.24, 2.45) is 0 Å². The first-order valence-electron chi connectivity index (χ1n) is 6.18. The zero-order chi connectivity index (χ0) is 12.5. The molecule has 0 spiro atoms. The van der Waals surface area contributed by atoms with E-state index in [1.54, 1.807) is 7.11 Å². The summed E-state index contributed by atoms with van der Waals surface area (Å²) in [6, 6.07) is 8.47. The van der Waals surface area contributed by atoms with Crippen molar-refractivity contribution < 1.29 is 9.47 Å². The summed E-state index contributed by atoms with van der Waals surface area (Å²) in [4.78, 5) is 0. The Bertz CT molecular complexity index is 315. The maximum atomic E-state index is 5.78. The molecule has 0 aliphatic carbocycles. The molecule has 17 heavy (non-hydrogen) atoms. The maximum absolute atomic E-state index is 5.78. The Hall–Kier alpha value is -1.06. The van der Waals surface area contributed by atoms with Gasteiger partial charge < -0.3 is 14.8 Å². The first-order chi connectivity index (χ1) is 8.30. The highest BCUT2D eigenvalue weighted by atomic mass is 16.5. The summed E-state index contributed by atoms with van der Waals surface area (Å²) in [6.07, 6.45) is 2.30. The fourth-order valence-corrected chi connectivity index (χ4v) is 1.75. The Kier molecular flexibility index (Phi) is 6.67. The third-order valence-electron chi connectivity index (χ3n) is 2.71. The van der Waals surface area contributed by atoms with Gasteiger partial charge in [-0.05, 0) is 31.2 Å². The van der Waals surface area contributed by atoms with Crippen LogP contribution in [0.2, 0.25) is 0 Å². The van der Waals surface area contributed by atoms with Crippen molar-refractivity contribution >= 4 is 0 Å². The summed E-state index contributed by atoms with van der Waals surface area (Å²) in [6.45, 7) is 3.52. The lowest BCUT2D eigenvalue weighted by atomic mass is 10.2. The van der Waals surface area contributed by atoms with E-state index < -0.39 is 0 Å². The number of rotatable bonds is 8. The predicted molar refractivity (Wildman–Crippen MR) is 70.4 cm³/mol. The van der Waals surface area contributed by atoms with Gasteiger partial charge in [0.2, 0.25) is 0 Å². The Morgan fingerprint density at radius 2 is 2.18 bits per heavy atom. The van der Waals surface area contributed by atoms with Crippen LogP contribution in [0.3, 0.4) is 0 Å².